The molecule has 0 aliphatic carbocycles. The molecule has 5 nitrogen and oxygen atoms in total. The molecule has 0 amide bonds. The Morgan fingerprint density at radius 2 is 1.32 bits per heavy atom. The molecule has 0 aliphatic heterocycles. The zero-order valence-electron chi connectivity index (χ0n) is 19.8. The molecule has 1 heterocycles. The maximum atomic E-state index is 12.4. The maximum Gasteiger partial charge on any atom is 0.416 e. The lowest BCUT2D eigenvalue weighted by Gasteiger charge is -2.17. The number of aromatic nitrogens is 2. The molecule has 1 N–H and O–H groups in total. The van der Waals surface area contributed by atoms with Gasteiger partial charge in [0.15, 0.2) is 5.82 Å². The van der Waals surface area contributed by atoms with Gasteiger partial charge in [0.1, 0.15) is 5.56 Å². The molecule has 11 heteroatoms. The van der Waals surface area contributed by atoms with Gasteiger partial charge in [0.2, 0.25) is 0 Å². The first-order valence-corrected chi connectivity index (χ1v) is 10.9. The summed E-state index contributed by atoms with van der Waals surface area (Å²) in [4.78, 5) is 20.0. The Morgan fingerprint density at radius 1 is 0.816 bits per heavy atom. The zero-order chi connectivity index (χ0) is 27.9. The van der Waals surface area contributed by atoms with E-state index in [0.717, 1.165) is 11.1 Å². The van der Waals surface area contributed by atoms with Crippen molar-refractivity contribution in [1.29, 1.82) is 0 Å². The Labute approximate surface area is 213 Å². The predicted octanol–water partition coefficient (Wildman–Crippen LogP) is 7.74. The van der Waals surface area contributed by atoms with E-state index in [1.54, 1.807) is 0 Å². The Balaban J connectivity index is 0.000000216. The highest BCUT2D eigenvalue weighted by molar-refractivity contribution is 5.94. The quantitative estimate of drug-likeness (QED) is 0.267. The molecule has 0 atom stereocenters. The van der Waals surface area contributed by atoms with Gasteiger partial charge in [0.25, 0.3) is 0 Å². The van der Waals surface area contributed by atoms with Crippen LogP contribution in [0, 0.1) is 0 Å². The second kappa shape index (κ2) is 11.9. The standard InChI is InChI=1S/C17H12N2O2.C10H8F6N/c20-17(21)14-11-18-16(13-9-5-2-6-10-13)19-15(14)12-7-3-1-4-8-12;1-17-5-6-2-7(9(11,12)13)4-8(3-6)10(14,15)16/h1-11H,(H,20,21);2-4H,5H2,1H3/q;-1. The highest BCUT2D eigenvalue weighted by atomic mass is 19.4. The van der Waals surface area contributed by atoms with E-state index >= 15 is 0 Å². The molecular weight excluding hydrogens is 512 g/mol. The number of halogens is 6. The topological polar surface area (TPSA) is 77.2 Å². The number of carbonyl (C=O) groups is 1. The highest BCUT2D eigenvalue weighted by Crippen LogP contribution is 2.36. The van der Waals surface area contributed by atoms with Crippen molar-refractivity contribution < 1.29 is 36.2 Å². The molecular formula is C27H20F6N3O2-. The second-order valence-electron chi connectivity index (χ2n) is 7.88. The maximum absolute atomic E-state index is 12.4. The first-order valence-electron chi connectivity index (χ1n) is 10.9. The molecule has 4 rings (SSSR count). The largest absolute Gasteiger partial charge is 0.661 e. The third kappa shape index (κ3) is 7.39. The van der Waals surface area contributed by atoms with Crippen molar-refractivity contribution in [2.24, 2.45) is 0 Å². The van der Waals surface area contributed by atoms with Gasteiger partial charge in [-0.2, -0.15) is 33.4 Å². The normalized spacial score (nSPS) is 11.4. The lowest BCUT2D eigenvalue weighted by atomic mass is 10.0. The van der Waals surface area contributed by atoms with E-state index in [-0.39, 0.29) is 23.7 Å². The molecule has 0 aliphatic rings. The van der Waals surface area contributed by atoms with Gasteiger partial charge in [-0.25, -0.2) is 14.8 Å². The molecule has 0 spiro atoms. The van der Waals surface area contributed by atoms with Crippen LogP contribution in [0.4, 0.5) is 26.3 Å². The van der Waals surface area contributed by atoms with Crippen molar-refractivity contribution in [1.82, 2.24) is 9.97 Å². The highest BCUT2D eigenvalue weighted by Gasteiger charge is 2.36. The van der Waals surface area contributed by atoms with Crippen molar-refractivity contribution in [3.63, 3.8) is 0 Å². The summed E-state index contributed by atoms with van der Waals surface area (Å²) >= 11 is 0. The molecule has 0 saturated carbocycles. The second-order valence-corrected chi connectivity index (χ2v) is 7.88. The number of carboxylic acids is 1. The van der Waals surface area contributed by atoms with Crippen LogP contribution in [-0.4, -0.2) is 28.1 Å². The lowest BCUT2D eigenvalue weighted by Crippen LogP contribution is -2.11. The van der Waals surface area contributed by atoms with Gasteiger partial charge in [0, 0.05) is 17.3 Å². The third-order valence-electron chi connectivity index (χ3n) is 5.09. The van der Waals surface area contributed by atoms with Gasteiger partial charge in [0.05, 0.1) is 16.8 Å². The summed E-state index contributed by atoms with van der Waals surface area (Å²) in [7, 11) is 1.31. The number of hydrogen-bond donors (Lipinski definition) is 1. The summed E-state index contributed by atoms with van der Waals surface area (Å²) in [5.74, 6) is -0.520. The van der Waals surface area contributed by atoms with Gasteiger partial charge >= 0.3 is 18.3 Å². The number of rotatable bonds is 5. The Kier molecular flexibility index (Phi) is 8.84. The predicted molar refractivity (Wildman–Crippen MR) is 129 cm³/mol. The first kappa shape index (κ1) is 28.3. The van der Waals surface area contributed by atoms with E-state index in [1.165, 1.54) is 13.2 Å². The summed E-state index contributed by atoms with van der Waals surface area (Å²) in [5, 5.41) is 12.8. The monoisotopic (exact) mass is 532 g/mol. The van der Waals surface area contributed by atoms with Gasteiger partial charge in [-0.15, -0.1) is 6.54 Å². The number of nitrogens with zero attached hydrogens (tertiary/aromatic N) is 3. The van der Waals surface area contributed by atoms with Crippen molar-refractivity contribution in [3.05, 3.63) is 113 Å². The minimum atomic E-state index is -4.80. The van der Waals surface area contributed by atoms with Crippen LogP contribution in [0.3, 0.4) is 0 Å². The summed E-state index contributed by atoms with van der Waals surface area (Å²) < 4.78 is 74.3. The van der Waals surface area contributed by atoms with Crippen LogP contribution in [0.2, 0.25) is 0 Å². The summed E-state index contributed by atoms with van der Waals surface area (Å²) in [6.07, 6.45) is -8.24. The molecule has 3 aromatic carbocycles. The van der Waals surface area contributed by atoms with Gasteiger partial charge in [-0.3, -0.25) is 0 Å². The van der Waals surface area contributed by atoms with E-state index in [9.17, 15) is 36.2 Å². The number of benzene rings is 3. The molecule has 0 radical (unpaired) electrons. The molecule has 0 fully saturated rings. The number of aromatic carboxylic acids is 1. The minimum Gasteiger partial charge on any atom is -0.661 e. The van der Waals surface area contributed by atoms with Crippen molar-refractivity contribution in [2.45, 2.75) is 18.9 Å². The Morgan fingerprint density at radius 3 is 1.76 bits per heavy atom. The van der Waals surface area contributed by atoms with Gasteiger partial charge in [-0.1, -0.05) is 66.2 Å². The minimum absolute atomic E-state index is 0.0964. The Bertz CT molecular complexity index is 1340. The van der Waals surface area contributed by atoms with Gasteiger partial charge < -0.3 is 10.4 Å². The molecule has 0 bridgehead atoms. The number of hydrogen-bond acceptors (Lipinski definition) is 3. The van der Waals surface area contributed by atoms with Crippen LogP contribution < -0.4 is 0 Å². The van der Waals surface area contributed by atoms with E-state index in [2.05, 4.69) is 15.3 Å². The van der Waals surface area contributed by atoms with Crippen molar-refractivity contribution in [3.8, 4) is 22.6 Å². The fraction of sp³-hybridized carbons (Fsp3) is 0.148. The van der Waals surface area contributed by atoms with Crippen LogP contribution in [0.25, 0.3) is 28.0 Å². The zero-order valence-corrected chi connectivity index (χ0v) is 19.8. The molecule has 4 aromatic rings. The first-order chi connectivity index (χ1) is 17.9. The van der Waals surface area contributed by atoms with Crippen molar-refractivity contribution >= 4 is 5.97 Å². The number of alkyl halides is 6. The van der Waals surface area contributed by atoms with Crippen LogP contribution in [0.15, 0.2) is 85.1 Å². The molecule has 1 aromatic heterocycles. The summed E-state index contributed by atoms with van der Waals surface area (Å²) in [5.41, 5.74) is -0.606. The summed E-state index contributed by atoms with van der Waals surface area (Å²) in [6, 6.07) is 20.2. The smallest absolute Gasteiger partial charge is 0.416 e. The van der Waals surface area contributed by atoms with Crippen LogP contribution in [0.1, 0.15) is 27.0 Å². The lowest BCUT2D eigenvalue weighted by molar-refractivity contribution is -0.143. The molecule has 38 heavy (non-hydrogen) atoms. The molecule has 0 saturated heterocycles. The average Bonchev–Trinajstić information content (AvgIpc) is 2.89. The van der Waals surface area contributed by atoms with Crippen LogP contribution in [0.5, 0.6) is 0 Å². The van der Waals surface area contributed by atoms with Crippen LogP contribution >= 0.6 is 0 Å². The number of carboxylic acid groups (broad SMARTS) is 1. The Hall–Kier alpha value is -4.25. The summed E-state index contributed by atoms with van der Waals surface area (Å²) in [6.45, 7) is -0.188. The fourth-order valence-electron chi connectivity index (χ4n) is 3.37. The van der Waals surface area contributed by atoms with Crippen molar-refractivity contribution in [2.75, 3.05) is 7.05 Å². The van der Waals surface area contributed by atoms with Gasteiger partial charge in [-0.05, 0) is 18.2 Å². The van der Waals surface area contributed by atoms with Crippen LogP contribution in [-0.2, 0) is 18.9 Å². The molecule has 198 valence electrons. The average molecular weight is 532 g/mol. The van der Waals surface area contributed by atoms with E-state index in [4.69, 9.17) is 0 Å². The molecule has 0 unspecified atom stereocenters. The SMILES string of the molecule is C[N-]Cc1cc(C(F)(F)F)cc(C(F)(F)F)c1.O=C(O)c1cnc(-c2ccccc2)nc1-c1ccccc1. The fourth-order valence-corrected chi connectivity index (χ4v) is 3.37. The third-order valence-corrected chi connectivity index (χ3v) is 5.09. The van der Waals surface area contributed by atoms with E-state index in [1.807, 2.05) is 60.7 Å². The van der Waals surface area contributed by atoms with E-state index < -0.39 is 29.4 Å². The van der Waals surface area contributed by atoms with E-state index in [0.29, 0.717) is 23.7 Å².